The molecule has 0 bridgehead atoms. The van der Waals surface area contributed by atoms with Crippen LogP contribution >= 0.6 is 0 Å². The highest BCUT2D eigenvalue weighted by molar-refractivity contribution is 6.10. The predicted octanol–water partition coefficient (Wildman–Crippen LogP) is 7.49. The molecule has 12 heteroatoms. The quantitative estimate of drug-likeness (QED) is 0.106. The van der Waals surface area contributed by atoms with Crippen molar-refractivity contribution in [2.45, 2.75) is 91.1 Å². The number of nitrogen functional groups attached to an aromatic ring is 1. The Morgan fingerprint density at radius 3 is 1.52 bits per heavy atom. The molecule has 4 aromatic rings. The summed E-state index contributed by atoms with van der Waals surface area (Å²) in [6, 6.07) is 11.1. The Bertz CT molecular complexity index is 1980. The minimum atomic E-state index is -0.325. The molecular formula is C44H62N8O4. The first-order valence-corrected chi connectivity index (χ1v) is 21.4. The van der Waals surface area contributed by atoms with Crippen LogP contribution in [0.1, 0.15) is 98.8 Å². The molecule has 2 N–H and O–H groups in total. The fourth-order valence-electron chi connectivity index (χ4n) is 9.68. The van der Waals surface area contributed by atoms with Crippen molar-refractivity contribution >= 4 is 45.0 Å². The molecule has 2 aromatic carbocycles. The van der Waals surface area contributed by atoms with Crippen LogP contribution in [0.25, 0.3) is 21.8 Å². The predicted molar refractivity (Wildman–Crippen MR) is 224 cm³/mol. The third-order valence-corrected chi connectivity index (χ3v) is 13.0. The molecular weight excluding hydrogens is 705 g/mol. The Kier molecular flexibility index (Phi) is 13.0. The van der Waals surface area contributed by atoms with Crippen LogP contribution in [0, 0.1) is 22.0 Å². The number of hydrogen-bond acceptors (Lipinski definition) is 7. The fraction of sp³-hybridized carbons (Fsp3) is 0.591. The second-order valence-corrected chi connectivity index (χ2v) is 16.5. The van der Waals surface area contributed by atoms with Gasteiger partial charge in [-0.3, -0.25) is 19.7 Å². The highest BCUT2D eigenvalue weighted by Gasteiger charge is 2.29. The van der Waals surface area contributed by atoms with Gasteiger partial charge < -0.3 is 34.5 Å². The molecule has 0 spiro atoms. The maximum atomic E-state index is 13.3. The van der Waals surface area contributed by atoms with E-state index in [2.05, 4.69) is 40.5 Å². The van der Waals surface area contributed by atoms with E-state index in [1.165, 1.54) is 51.4 Å². The molecule has 2 aliphatic carbocycles. The number of non-ortho nitro benzene ring substituents is 1. The average molecular weight is 767 g/mol. The van der Waals surface area contributed by atoms with E-state index in [-0.39, 0.29) is 22.4 Å². The summed E-state index contributed by atoms with van der Waals surface area (Å²) in [5.74, 6) is 1.37. The van der Waals surface area contributed by atoms with Crippen molar-refractivity contribution in [3.8, 4) is 0 Å². The Labute approximate surface area is 331 Å². The Balaban J connectivity index is 0.000000172. The highest BCUT2D eigenvalue weighted by atomic mass is 16.6. The standard InChI is InChI=1S/C22H30N4O3.C22H32N4O/c1-2-23-11-13-24(14-12-23)22(27)19-16-25(15-17-7-4-3-5-8-17)21-18(19)9-6-10-20(21)26(28)29;1-2-24-11-13-25(14-12-24)22(27)19-16-26(15-17-7-4-3-5-8-17)21-18(19)9-6-10-20(21)23/h6,9-10,16-17H,2-5,7-8,11-15H2,1H3;6,9-10,16-17H,2-5,7-8,11-15,23H2,1H3. The van der Waals surface area contributed by atoms with E-state index in [9.17, 15) is 19.7 Å². The zero-order valence-electron chi connectivity index (χ0n) is 33.7. The largest absolute Gasteiger partial charge is 0.397 e. The number of likely N-dealkylation sites (N-methyl/N-ethyl adjacent to an activating group) is 2. The first-order valence-electron chi connectivity index (χ1n) is 21.4. The number of amides is 2. The molecule has 8 rings (SSSR count). The maximum Gasteiger partial charge on any atom is 0.293 e. The van der Waals surface area contributed by atoms with Crippen molar-refractivity contribution in [2.24, 2.45) is 11.8 Å². The van der Waals surface area contributed by atoms with E-state index in [0.29, 0.717) is 41.4 Å². The third-order valence-electron chi connectivity index (χ3n) is 13.0. The van der Waals surface area contributed by atoms with Crippen LogP contribution in [-0.2, 0) is 13.1 Å². The summed E-state index contributed by atoms with van der Waals surface area (Å²) in [6.45, 7) is 14.8. The van der Waals surface area contributed by atoms with Crippen molar-refractivity contribution in [2.75, 3.05) is 71.2 Å². The van der Waals surface area contributed by atoms with Gasteiger partial charge in [0.25, 0.3) is 17.5 Å². The molecule has 4 fully saturated rings. The Morgan fingerprint density at radius 2 is 1.07 bits per heavy atom. The van der Waals surface area contributed by atoms with Crippen molar-refractivity contribution in [1.29, 1.82) is 0 Å². The maximum absolute atomic E-state index is 13.3. The Hall–Kier alpha value is -4.42. The first-order chi connectivity index (χ1) is 27.2. The van der Waals surface area contributed by atoms with E-state index in [0.717, 1.165) is 100 Å². The summed E-state index contributed by atoms with van der Waals surface area (Å²) in [5.41, 5.74) is 10.3. The number of aromatic nitrogens is 2. The summed E-state index contributed by atoms with van der Waals surface area (Å²) in [5, 5.41) is 13.4. The fourth-order valence-corrected chi connectivity index (χ4v) is 9.68. The number of benzene rings is 2. The summed E-state index contributed by atoms with van der Waals surface area (Å²) in [6.07, 6.45) is 16.6. The minimum absolute atomic E-state index is 0.00588. The summed E-state index contributed by atoms with van der Waals surface area (Å²) >= 11 is 0. The molecule has 302 valence electrons. The Morgan fingerprint density at radius 1 is 0.643 bits per heavy atom. The van der Waals surface area contributed by atoms with E-state index < -0.39 is 0 Å². The number of fused-ring (bicyclic) bond motifs is 2. The van der Waals surface area contributed by atoms with E-state index in [1.54, 1.807) is 12.1 Å². The van der Waals surface area contributed by atoms with Crippen LogP contribution in [0.15, 0.2) is 48.8 Å². The number of rotatable bonds is 9. The van der Waals surface area contributed by atoms with Crippen LogP contribution in [0.5, 0.6) is 0 Å². The minimum Gasteiger partial charge on any atom is -0.397 e. The number of carbonyl (C=O) groups is 2. The molecule has 4 aliphatic rings. The topological polar surface area (TPSA) is 126 Å². The molecule has 12 nitrogen and oxygen atoms in total. The molecule has 0 atom stereocenters. The van der Waals surface area contributed by atoms with Crippen molar-refractivity contribution in [3.63, 3.8) is 0 Å². The van der Waals surface area contributed by atoms with Crippen LogP contribution in [0.2, 0.25) is 0 Å². The first kappa shape index (κ1) is 39.8. The van der Waals surface area contributed by atoms with E-state index in [1.807, 2.05) is 38.8 Å². The number of nitrogens with zero attached hydrogens (tertiary/aromatic N) is 7. The molecule has 2 aliphatic heterocycles. The van der Waals surface area contributed by atoms with Crippen molar-refractivity contribution in [1.82, 2.24) is 28.7 Å². The third kappa shape index (κ3) is 8.76. The van der Waals surface area contributed by atoms with Crippen LogP contribution in [-0.4, -0.2) is 111 Å². The molecule has 0 radical (unpaired) electrons. The lowest BCUT2D eigenvalue weighted by molar-refractivity contribution is -0.383. The number of nitro groups is 1. The molecule has 56 heavy (non-hydrogen) atoms. The van der Waals surface area contributed by atoms with E-state index in [4.69, 9.17) is 5.73 Å². The number of piperazine rings is 2. The molecule has 2 saturated carbocycles. The molecule has 2 amide bonds. The second-order valence-electron chi connectivity index (χ2n) is 16.5. The smallest absolute Gasteiger partial charge is 0.293 e. The number of nitrogens with two attached hydrogens (primary N) is 1. The van der Waals surface area contributed by atoms with Gasteiger partial charge in [0.05, 0.1) is 27.3 Å². The SMILES string of the molecule is CCN1CCN(C(=O)c2cn(CC3CCCCC3)c3c(N)cccc23)CC1.CCN1CCN(C(=O)c2cn(CC3CCCCC3)c3c([N+](=O)[O-])cccc23)CC1. The monoisotopic (exact) mass is 766 g/mol. The zero-order chi connectivity index (χ0) is 39.2. The zero-order valence-corrected chi connectivity index (χ0v) is 33.7. The lowest BCUT2D eigenvalue weighted by atomic mass is 9.89. The van der Waals surface area contributed by atoms with Crippen LogP contribution in [0.3, 0.4) is 0 Å². The number of hydrogen-bond donors (Lipinski definition) is 1. The average Bonchev–Trinajstić information content (AvgIpc) is 3.80. The van der Waals surface area contributed by atoms with Crippen LogP contribution in [0.4, 0.5) is 11.4 Å². The second kappa shape index (κ2) is 18.2. The lowest BCUT2D eigenvalue weighted by Gasteiger charge is -2.34. The van der Waals surface area contributed by atoms with Gasteiger partial charge in [-0.15, -0.1) is 0 Å². The van der Waals surface area contributed by atoms with Crippen molar-refractivity contribution < 1.29 is 14.5 Å². The number of para-hydroxylation sites is 2. The van der Waals surface area contributed by atoms with Gasteiger partial charge in [0, 0.05) is 94.7 Å². The number of nitro benzene ring substituents is 1. The summed E-state index contributed by atoms with van der Waals surface area (Å²) < 4.78 is 4.25. The lowest BCUT2D eigenvalue weighted by Crippen LogP contribution is -2.48. The van der Waals surface area contributed by atoms with Gasteiger partial charge in [-0.2, -0.15) is 0 Å². The summed E-state index contributed by atoms with van der Waals surface area (Å²) in [4.78, 5) is 46.6. The van der Waals surface area contributed by atoms with Gasteiger partial charge in [-0.05, 0) is 56.7 Å². The summed E-state index contributed by atoms with van der Waals surface area (Å²) in [7, 11) is 0. The molecule has 4 heterocycles. The van der Waals surface area contributed by atoms with Gasteiger partial charge in [-0.1, -0.05) is 76.6 Å². The van der Waals surface area contributed by atoms with Crippen LogP contribution < -0.4 is 5.73 Å². The normalized spacial score (nSPS) is 19.3. The van der Waals surface area contributed by atoms with Gasteiger partial charge in [0.15, 0.2) is 0 Å². The number of carbonyl (C=O) groups excluding carboxylic acids is 2. The molecule has 2 aromatic heterocycles. The highest BCUT2D eigenvalue weighted by Crippen LogP contribution is 2.35. The van der Waals surface area contributed by atoms with Gasteiger partial charge >= 0.3 is 0 Å². The van der Waals surface area contributed by atoms with E-state index >= 15 is 0 Å². The van der Waals surface area contributed by atoms with Gasteiger partial charge in [-0.25, -0.2) is 0 Å². The van der Waals surface area contributed by atoms with Gasteiger partial charge in [0.1, 0.15) is 5.52 Å². The molecule has 0 unspecified atom stereocenters. The number of anilines is 1. The van der Waals surface area contributed by atoms with Gasteiger partial charge in [0.2, 0.25) is 0 Å². The molecule has 2 saturated heterocycles. The van der Waals surface area contributed by atoms with Crippen molar-refractivity contribution in [3.05, 3.63) is 70.0 Å².